The van der Waals surface area contributed by atoms with Gasteiger partial charge in [-0.05, 0) is 37.8 Å². The third-order valence-corrected chi connectivity index (χ3v) is 4.45. The Bertz CT molecular complexity index is 539. The smallest absolute Gasteiger partial charge is 0.284 e. The summed E-state index contributed by atoms with van der Waals surface area (Å²) in [5.41, 5.74) is 5.18. The highest BCUT2D eigenvalue weighted by atomic mass is 127. The fourth-order valence-electron chi connectivity index (χ4n) is 3.17. The highest BCUT2D eigenvalue weighted by molar-refractivity contribution is 14.0. The SMILES string of the molecule is CCNC(=NCc1ccc(C(N)=O)o1)NCCCC1CCCCC1.I. The number of guanidine groups is 1. The van der Waals surface area contributed by atoms with Gasteiger partial charge in [-0.3, -0.25) is 4.79 Å². The summed E-state index contributed by atoms with van der Waals surface area (Å²) in [7, 11) is 0. The maximum atomic E-state index is 11.0. The third-order valence-electron chi connectivity index (χ3n) is 4.45. The Morgan fingerprint density at radius 3 is 2.68 bits per heavy atom. The summed E-state index contributed by atoms with van der Waals surface area (Å²) < 4.78 is 5.34. The Hall–Kier alpha value is -1.25. The molecular weight excluding hydrogens is 431 g/mol. The standard InChI is InChI=1S/C18H30N4O2.HI/c1-2-20-18(21-12-6-9-14-7-4-3-5-8-14)22-13-15-10-11-16(24-15)17(19)23;/h10-11,14H,2-9,12-13H2,1H3,(H2,19,23)(H2,20,21,22);1H. The quantitative estimate of drug-likeness (QED) is 0.239. The van der Waals surface area contributed by atoms with E-state index in [4.69, 9.17) is 10.2 Å². The normalized spacial score (nSPS) is 15.5. The predicted octanol–water partition coefficient (Wildman–Crippen LogP) is 3.41. The second-order valence-electron chi connectivity index (χ2n) is 6.40. The van der Waals surface area contributed by atoms with Gasteiger partial charge in [0.25, 0.3) is 5.91 Å². The molecule has 1 heterocycles. The van der Waals surface area contributed by atoms with Crippen molar-refractivity contribution in [2.45, 2.75) is 58.4 Å². The van der Waals surface area contributed by atoms with Crippen LogP contribution in [0.1, 0.15) is 68.2 Å². The Kier molecular flexibility index (Phi) is 10.6. The van der Waals surface area contributed by atoms with E-state index in [-0.39, 0.29) is 29.7 Å². The molecule has 0 aromatic carbocycles. The monoisotopic (exact) mass is 462 g/mol. The molecule has 1 aromatic heterocycles. The zero-order valence-corrected chi connectivity index (χ0v) is 17.4. The maximum Gasteiger partial charge on any atom is 0.284 e. The van der Waals surface area contributed by atoms with Crippen LogP contribution < -0.4 is 16.4 Å². The number of nitrogens with two attached hydrogens (primary N) is 1. The molecule has 1 aliphatic rings. The molecule has 0 radical (unpaired) electrons. The zero-order valence-electron chi connectivity index (χ0n) is 15.1. The molecule has 1 aliphatic carbocycles. The molecule has 142 valence electrons. The third kappa shape index (κ3) is 8.11. The highest BCUT2D eigenvalue weighted by Gasteiger charge is 2.12. The molecule has 0 bridgehead atoms. The molecule has 1 fully saturated rings. The van der Waals surface area contributed by atoms with Gasteiger partial charge >= 0.3 is 0 Å². The Labute approximate surface area is 167 Å². The van der Waals surface area contributed by atoms with Crippen molar-refractivity contribution in [3.63, 3.8) is 0 Å². The number of hydrogen-bond acceptors (Lipinski definition) is 3. The number of amides is 1. The molecule has 4 N–H and O–H groups in total. The predicted molar refractivity (Wildman–Crippen MR) is 111 cm³/mol. The van der Waals surface area contributed by atoms with Crippen LogP contribution in [-0.4, -0.2) is 25.0 Å². The van der Waals surface area contributed by atoms with Crippen molar-refractivity contribution in [3.8, 4) is 0 Å². The molecule has 0 aliphatic heterocycles. The van der Waals surface area contributed by atoms with Crippen molar-refractivity contribution < 1.29 is 9.21 Å². The Morgan fingerprint density at radius 2 is 2.04 bits per heavy atom. The van der Waals surface area contributed by atoms with Crippen molar-refractivity contribution in [2.24, 2.45) is 16.6 Å². The lowest BCUT2D eigenvalue weighted by Gasteiger charge is -2.21. The van der Waals surface area contributed by atoms with Crippen LogP contribution in [0.5, 0.6) is 0 Å². The van der Waals surface area contributed by atoms with Crippen LogP contribution in [-0.2, 0) is 6.54 Å². The lowest BCUT2D eigenvalue weighted by atomic mass is 9.86. The molecular formula is C18H31IN4O2. The van der Waals surface area contributed by atoms with E-state index in [0.717, 1.165) is 25.0 Å². The first-order valence-electron chi connectivity index (χ1n) is 9.09. The summed E-state index contributed by atoms with van der Waals surface area (Å²) in [4.78, 5) is 15.5. The van der Waals surface area contributed by atoms with Gasteiger partial charge in [-0.15, -0.1) is 24.0 Å². The first-order valence-corrected chi connectivity index (χ1v) is 9.09. The summed E-state index contributed by atoms with van der Waals surface area (Å²) in [6.45, 7) is 4.15. The summed E-state index contributed by atoms with van der Waals surface area (Å²) in [5.74, 6) is 1.93. The summed E-state index contributed by atoms with van der Waals surface area (Å²) in [6.07, 6.45) is 9.48. The summed E-state index contributed by atoms with van der Waals surface area (Å²) in [5, 5.41) is 6.59. The van der Waals surface area contributed by atoms with E-state index in [2.05, 4.69) is 15.6 Å². The van der Waals surface area contributed by atoms with Crippen LogP contribution >= 0.6 is 24.0 Å². The van der Waals surface area contributed by atoms with Crippen LogP contribution in [0.25, 0.3) is 0 Å². The first kappa shape index (κ1) is 21.8. The van der Waals surface area contributed by atoms with E-state index >= 15 is 0 Å². The van der Waals surface area contributed by atoms with E-state index in [9.17, 15) is 4.79 Å². The minimum Gasteiger partial charge on any atom is -0.454 e. The van der Waals surface area contributed by atoms with Crippen molar-refractivity contribution in [3.05, 3.63) is 23.7 Å². The van der Waals surface area contributed by atoms with E-state index in [0.29, 0.717) is 12.3 Å². The lowest BCUT2D eigenvalue weighted by Crippen LogP contribution is -2.37. The first-order chi connectivity index (χ1) is 11.7. The largest absolute Gasteiger partial charge is 0.454 e. The molecule has 1 aromatic rings. The van der Waals surface area contributed by atoms with Gasteiger partial charge in [0.05, 0.1) is 0 Å². The molecule has 0 saturated heterocycles. The number of carbonyl (C=O) groups is 1. The molecule has 1 saturated carbocycles. The van der Waals surface area contributed by atoms with Crippen molar-refractivity contribution in [1.29, 1.82) is 0 Å². The minimum atomic E-state index is -0.557. The van der Waals surface area contributed by atoms with Gasteiger partial charge in [-0.2, -0.15) is 0 Å². The molecule has 7 heteroatoms. The van der Waals surface area contributed by atoms with Crippen molar-refractivity contribution in [1.82, 2.24) is 10.6 Å². The van der Waals surface area contributed by atoms with Gasteiger partial charge in [0.15, 0.2) is 11.7 Å². The average Bonchev–Trinajstić information content (AvgIpc) is 3.06. The molecule has 1 amide bonds. The number of carbonyl (C=O) groups excluding carboxylic acids is 1. The lowest BCUT2D eigenvalue weighted by molar-refractivity contribution is 0.0972. The zero-order chi connectivity index (χ0) is 17.2. The summed E-state index contributed by atoms with van der Waals surface area (Å²) >= 11 is 0. The van der Waals surface area contributed by atoms with Gasteiger partial charge < -0.3 is 20.8 Å². The molecule has 25 heavy (non-hydrogen) atoms. The van der Waals surface area contributed by atoms with Crippen molar-refractivity contribution >= 4 is 35.8 Å². The molecule has 2 rings (SSSR count). The molecule has 0 unspecified atom stereocenters. The Balaban J connectivity index is 0.00000312. The Morgan fingerprint density at radius 1 is 1.28 bits per heavy atom. The van der Waals surface area contributed by atoms with E-state index < -0.39 is 5.91 Å². The molecule has 0 spiro atoms. The minimum absolute atomic E-state index is 0. The number of halogens is 1. The molecule has 0 atom stereocenters. The van der Waals surface area contributed by atoms with Crippen LogP contribution in [0, 0.1) is 5.92 Å². The van der Waals surface area contributed by atoms with Crippen LogP contribution in [0.15, 0.2) is 21.5 Å². The number of rotatable bonds is 8. The fourth-order valence-corrected chi connectivity index (χ4v) is 3.17. The number of furan rings is 1. The van der Waals surface area contributed by atoms with E-state index in [1.807, 2.05) is 6.92 Å². The van der Waals surface area contributed by atoms with Crippen molar-refractivity contribution in [2.75, 3.05) is 13.1 Å². The van der Waals surface area contributed by atoms with Crippen LogP contribution in [0.4, 0.5) is 0 Å². The molecule has 6 nitrogen and oxygen atoms in total. The van der Waals surface area contributed by atoms with E-state index in [1.165, 1.54) is 44.9 Å². The van der Waals surface area contributed by atoms with Gasteiger partial charge in [0, 0.05) is 13.1 Å². The number of primary amides is 1. The van der Waals surface area contributed by atoms with Gasteiger partial charge in [-0.1, -0.05) is 32.1 Å². The highest BCUT2D eigenvalue weighted by Crippen LogP contribution is 2.26. The number of aliphatic imine (C=N–C) groups is 1. The second kappa shape index (κ2) is 12.2. The number of nitrogens with one attached hydrogen (secondary N) is 2. The van der Waals surface area contributed by atoms with Gasteiger partial charge in [-0.25, -0.2) is 4.99 Å². The van der Waals surface area contributed by atoms with Gasteiger partial charge in [0.1, 0.15) is 12.3 Å². The fraction of sp³-hybridized carbons (Fsp3) is 0.667. The topological polar surface area (TPSA) is 92.6 Å². The number of nitrogens with zero attached hydrogens (tertiary/aromatic N) is 1. The second-order valence-corrected chi connectivity index (χ2v) is 6.40. The maximum absolute atomic E-state index is 11.0. The van der Waals surface area contributed by atoms with E-state index in [1.54, 1.807) is 12.1 Å². The van der Waals surface area contributed by atoms with Crippen LogP contribution in [0.3, 0.4) is 0 Å². The van der Waals surface area contributed by atoms with Crippen LogP contribution in [0.2, 0.25) is 0 Å². The van der Waals surface area contributed by atoms with Gasteiger partial charge in [0.2, 0.25) is 0 Å². The summed E-state index contributed by atoms with van der Waals surface area (Å²) in [6, 6.07) is 3.31. The average molecular weight is 462 g/mol. The number of hydrogen-bond donors (Lipinski definition) is 3.